The molecule has 0 aliphatic carbocycles. The molecule has 114 valence electrons. The minimum absolute atomic E-state index is 0.482. The highest BCUT2D eigenvalue weighted by Gasteiger charge is 2.13. The normalized spacial score (nSPS) is 12.2. The summed E-state index contributed by atoms with van der Waals surface area (Å²) in [5.41, 5.74) is 1.49. The number of methoxy groups -OCH3 is 2. The monoisotopic (exact) mass is 355 g/mol. The molecule has 2 rings (SSSR count). The van der Waals surface area contributed by atoms with E-state index < -0.39 is 6.10 Å². The van der Waals surface area contributed by atoms with Crippen molar-refractivity contribution >= 4 is 15.9 Å². The standard InChI is InChI=1S/C14H18BrN3O3/c1-4-12(19)11-8-18(17-16-11)7-9-5-14(21-3)10(15)6-13(9)20-2/h5-6,8,12,19H,4,7H2,1-3H3. The van der Waals surface area contributed by atoms with Gasteiger partial charge >= 0.3 is 0 Å². The lowest BCUT2D eigenvalue weighted by Crippen LogP contribution is -2.03. The number of hydrogen-bond acceptors (Lipinski definition) is 5. The predicted octanol–water partition coefficient (Wildman–Crippen LogP) is 2.55. The van der Waals surface area contributed by atoms with Gasteiger partial charge in [0.2, 0.25) is 0 Å². The molecule has 21 heavy (non-hydrogen) atoms. The summed E-state index contributed by atoms with van der Waals surface area (Å²) in [4.78, 5) is 0. The second kappa shape index (κ2) is 6.91. The van der Waals surface area contributed by atoms with Crippen LogP contribution in [0.25, 0.3) is 0 Å². The molecule has 0 aliphatic heterocycles. The third kappa shape index (κ3) is 3.54. The molecule has 0 saturated heterocycles. The first kappa shape index (κ1) is 15.8. The largest absolute Gasteiger partial charge is 0.496 e. The second-order valence-corrected chi connectivity index (χ2v) is 5.42. The Hall–Kier alpha value is -1.60. The van der Waals surface area contributed by atoms with Crippen LogP contribution in [0.1, 0.15) is 30.7 Å². The fourth-order valence-electron chi connectivity index (χ4n) is 1.97. The summed E-state index contributed by atoms with van der Waals surface area (Å²) in [6, 6.07) is 3.74. The first-order valence-corrected chi connectivity index (χ1v) is 7.36. The van der Waals surface area contributed by atoms with Crippen molar-refractivity contribution < 1.29 is 14.6 Å². The van der Waals surface area contributed by atoms with Gasteiger partial charge in [0.25, 0.3) is 0 Å². The van der Waals surface area contributed by atoms with E-state index in [1.807, 2.05) is 19.1 Å². The summed E-state index contributed by atoms with van der Waals surface area (Å²) in [7, 11) is 3.23. The van der Waals surface area contributed by atoms with Crippen LogP contribution in [0.5, 0.6) is 11.5 Å². The molecular formula is C14H18BrN3O3. The number of aliphatic hydroxyl groups is 1. The Kier molecular flexibility index (Phi) is 5.19. The van der Waals surface area contributed by atoms with Crippen molar-refractivity contribution in [2.75, 3.05) is 14.2 Å². The van der Waals surface area contributed by atoms with Gasteiger partial charge in [0.05, 0.1) is 37.5 Å². The summed E-state index contributed by atoms with van der Waals surface area (Å²) in [6.45, 7) is 2.38. The van der Waals surface area contributed by atoms with Crippen LogP contribution in [0.15, 0.2) is 22.8 Å². The summed E-state index contributed by atoms with van der Waals surface area (Å²) in [5.74, 6) is 1.45. The van der Waals surface area contributed by atoms with E-state index in [4.69, 9.17) is 9.47 Å². The van der Waals surface area contributed by atoms with Crippen LogP contribution in [-0.4, -0.2) is 34.3 Å². The molecular weight excluding hydrogens is 338 g/mol. The molecule has 1 unspecified atom stereocenters. The Balaban J connectivity index is 2.28. The Morgan fingerprint density at radius 3 is 2.62 bits per heavy atom. The van der Waals surface area contributed by atoms with E-state index in [1.54, 1.807) is 25.1 Å². The summed E-state index contributed by atoms with van der Waals surface area (Å²) < 4.78 is 13.2. The van der Waals surface area contributed by atoms with E-state index in [1.165, 1.54) is 0 Å². The Labute approximate surface area is 131 Å². The highest BCUT2D eigenvalue weighted by atomic mass is 79.9. The second-order valence-electron chi connectivity index (χ2n) is 4.56. The van der Waals surface area contributed by atoms with Gasteiger partial charge in [-0.2, -0.15) is 0 Å². The zero-order valence-corrected chi connectivity index (χ0v) is 13.8. The van der Waals surface area contributed by atoms with E-state index in [0.717, 1.165) is 21.5 Å². The number of halogens is 1. The van der Waals surface area contributed by atoms with Gasteiger partial charge < -0.3 is 14.6 Å². The minimum Gasteiger partial charge on any atom is -0.496 e. The van der Waals surface area contributed by atoms with E-state index in [2.05, 4.69) is 26.2 Å². The van der Waals surface area contributed by atoms with Crippen molar-refractivity contribution in [2.45, 2.75) is 26.0 Å². The molecule has 0 radical (unpaired) electrons. The zero-order chi connectivity index (χ0) is 15.4. The first-order valence-electron chi connectivity index (χ1n) is 6.57. The van der Waals surface area contributed by atoms with Crippen LogP contribution in [0, 0.1) is 0 Å². The van der Waals surface area contributed by atoms with Gasteiger partial charge in [-0.05, 0) is 34.5 Å². The molecule has 0 amide bonds. The predicted molar refractivity (Wildman–Crippen MR) is 81.6 cm³/mol. The molecule has 0 saturated carbocycles. The fraction of sp³-hybridized carbons (Fsp3) is 0.429. The van der Waals surface area contributed by atoms with Crippen LogP contribution in [0.4, 0.5) is 0 Å². The molecule has 0 bridgehead atoms. The minimum atomic E-state index is -0.583. The van der Waals surface area contributed by atoms with Gasteiger partial charge in [-0.25, -0.2) is 4.68 Å². The first-order chi connectivity index (χ1) is 10.1. The summed E-state index contributed by atoms with van der Waals surface area (Å²) in [5, 5.41) is 17.8. The maximum Gasteiger partial charge on any atom is 0.133 e. The number of benzene rings is 1. The lowest BCUT2D eigenvalue weighted by atomic mass is 10.2. The van der Waals surface area contributed by atoms with E-state index in [0.29, 0.717) is 18.7 Å². The lowest BCUT2D eigenvalue weighted by molar-refractivity contribution is 0.168. The van der Waals surface area contributed by atoms with E-state index in [-0.39, 0.29) is 0 Å². The molecule has 7 heteroatoms. The fourth-order valence-corrected chi connectivity index (χ4v) is 2.46. The number of rotatable bonds is 6. The molecule has 1 aromatic heterocycles. The molecule has 6 nitrogen and oxygen atoms in total. The SMILES string of the molecule is CCC(O)c1cn(Cc2cc(OC)c(Br)cc2OC)nn1. The molecule has 1 aromatic carbocycles. The van der Waals surface area contributed by atoms with Crippen LogP contribution in [-0.2, 0) is 6.54 Å². The van der Waals surface area contributed by atoms with Crippen molar-refractivity contribution in [1.29, 1.82) is 0 Å². The molecule has 1 N–H and O–H groups in total. The van der Waals surface area contributed by atoms with E-state index >= 15 is 0 Å². The average Bonchev–Trinajstić information content (AvgIpc) is 2.96. The van der Waals surface area contributed by atoms with Gasteiger partial charge in [0.15, 0.2) is 0 Å². The Morgan fingerprint density at radius 1 is 1.29 bits per heavy atom. The molecule has 1 heterocycles. The third-order valence-corrected chi connectivity index (χ3v) is 3.79. The Bertz CT molecular complexity index is 616. The van der Waals surface area contributed by atoms with Crippen molar-refractivity contribution in [3.8, 4) is 11.5 Å². The quantitative estimate of drug-likeness (QED) is 0.862. The highest BCUT2D eigenvalue weighted by molar-refractivity contribution is 9.10. The van der Waals surface area contributed by atoms with Gasteiger partial charge in [-0.1, -0.05) is 12.1 Å². The van der Waals surface area contributed by atoms with Crippen LogP contribution >= 0.6 is 15.9 Å². The molecule has 0 spiro atoms. The summed E-state index contributed by atoms with van der Waals surface area (Å²) in [6.07, 6.45) is 1.76. The zero-order valence-electron chi connectivity index (χ0n) is 12.2. The van der Waals surface area contributed by atoms with Crippen molar-refractivity contribution in [2.24, 2.45) is 0 Å². The van der Waals surface area contributed by atoms with Crippen LogP contribution in [0.2, 0.25) is 0 Å². The molecule has 0 aliphatic rings. The average molecular weight is 356 g/mol. The smallest absolute Gasteiger partial charge is 0.133 e. The number of aromatic nitrogens is 3. The van der Waals surface area contributed by atoms with Gasteiger partial charge in [0, 0.05) is 5.56 Å². The Morgan fingerprint density at radius 2 is 2.00 bits per heavy atom. The maximum absolute atomic E-state index is 9.76. The van der Waals surface area contributed by atoms with Crippen molar-refractivity contribution in [3.05, 3.63) is 34.1 Å². The molecule has 1 atom stereocenters. The highest BCUT2D eigenvalue weighted by Crippen LogP contribution is 2.33. The topological polar surface area (TPSA) is 69.4 Å². The lowest BCUT2D eigenvalue weighted by Gasteiger charge is -2.12. The van der Waals surface area contributed by atoms with Crippen molar-refractivity contribution in [3.63, 3.8) is 0 Å². The van der Waals surface area contributed by atoms with Gasteiger partial charge in [-0.3, -0.25) is 0 Å². The number of hydrogen-bond donors (Lipinski definition) is 1. The molecule has 0 fully saturated rings. The number of ether oxygens (including phenoxy) is 2. The number of nitrogens with zero attached hydrogens (tertiary/aromatic N) is 3. The van der Waals surface area contributed by atoms with Crippen molar-refractivity contribution in [1.82, 2.24) is 15.0 Å². The van der Waals surface area contributed by atoms with Gasteiger partial charge in [0.1, 0.15) is 17.2 Å². The summed E-state index contributed by atoms with van der Waals surface area (Å²) >= 11 is 3.43. The maximum atomic E-state index is 9.76. The molecule has 2 aromatic rings. The van der Waals surface area contributed by atoms with Crippen LogP contribution in [0.3, 0.4) is 0 Å². The van der Waals surface area contributed by atoms with Gasteiger partial charge in [-0.15, -0.1) is 5.10 Å². The van der Waals surface area contributed by atoms with E-state index in [9.17, 15) is 5.11 Å². The number of aliphatic hydroxyl groups excluding tert-OH is 1. The third-order valence-electron chi connectivity index (χ3n) is 3.17. The van der Waals surface area contributed by atoms with Crippen LogP contribution < -0.4 is 9.47 Å².